The molecule has 0 saturated heterocycles. The van der Waals surface area contributed by atoms with Gasteiger partial charge in [0.15, 0.2) is 0 Å². The van der Waals surface area contributed by atoms with E-state index < -0.39 is 0 Å². The fourth-order valence-electron chi connectivity index (χ4n) is 1.74. The zero-order valence-corrected chi connectivity index (χ0v) is 11.6. The van der Waals surface area contributed by atoms with E-state index in [0.29, 0.717) is 5.92 Å². The molecule has 1 atom stereocenters. The van der Waals surface area contributed by atoms with Crippen LogP contribution >= 0.6 is 11.3 Å². The number of nitrogens with zero attached hydrogens (tertiary/aromatic N) is 1. The van der Waals surface area contributed by atoms with E-state index in [9.17, 15) is 0 Å². The van der Waals surface area contributed by atoms with E-state index in [4.69, 9.17) is 4.98 Å². The molecule has 17 heavy (non-hydrogen) atoms. The van der Waals surface area contributed by atoms with Gasteiger partial charge in [0.25, 0.3) is 0 Å². The van der Waals surface area contributed by atoms with Gasteiger partial charge in [-0.15, -0.1) is 11.3 Å². The number of aryl methyl sites for hydroxylation is 1. The van der Waals surface area contributed by atoms with Gasteiger partial charge in [-0.3, -0.25) is 0 Å². The highest BCUT2D eigenvalue weighted by molar-refractivity contribution is 7.13. The maximum Gasteiger partial charge on any atom is 0.123 e. The van der Waals surface area contributed by atoms with Crippen LogP contribution in [0.5, 0.6) is 0 Å². The molecule has 0 fully saturated rings. The molecule has 1 nitrogen and oxygen atoms in total. The number of thiazole rings is 1. The minimum atomic E-state index is 0.565. The molecule has 0 saturated carbocycles. The summed E-state index contributed by atoms with van der Waals surface area (Å²) in [4.78, 5) is 4.73. The summed E-state index contributed by atoms with van der Waals surface area (Å²) in [5.41, 5.74) is 3.85. The molecule has 0 amide bonds. The Kier molecular flexibility index (Phi) is 3.95. The molecular weight excluding hydrogens is 226 g/mol. The Morgan fingerprint density at radius 3 is 2.47 bits per heavy atom. The Labute approximate surface area is 108 Å². The molecule has 1 heterocycles. The summed E-state index contributed by atoms with van der Waals surface area (Å²) in [5, 5.41) is 3.33. The van der Waals surface area contributed by atoms with Gasteiger partial charge in [0.1, 0.15) is 5.01 Å². The van der Waals surface area contributed by atoms with Gasteiger partial charge in [-0.2, -0.15) is 0 Å². The maximum absolute atomic E-state index is 4.73. The van der Waals surface area contributed by atoms with Gasteiger partial charge < -0.3 is 0 Å². The molecule has 1 aromatic carbocycles. The average Bonchev–Trinajstić information content (AvgIpc) is 2.87. The second-order valence-corrected chi connectivity index (χ2v) is 5.30. The Morgan fingerprint density at radius 2 is 1.88 bits per heavy atom. The van der Waals surface area contributed by atoms with Crippen molar-refractivity contribution in [2.75, 3.05) is 0 Å². The van der Waals surface area contributed by atoms with Crippen molar-refractivity contribution in [3.05, 3.63) is 40.9 Å². The standard InChI is InChI=1S/C15H19NS/c1-4-11(3)14-10-17-15(16-14)13-8-6-12(5-2)7-9-13/h6-11H,4-5H2,1-3H3. The average molecular weight is 245 g/mol. The molecule has 0 bridgehead atoms. The highest BCUT2D eigenvalue weighted by atomic mass is 32.1. The van der Waals surface area contributed by atoms with Crippen molar-refractivity contribution in [2.24, 2.45) is 0 Å². The Morgan fingerprint density at radius 1 is 1.18 bits per heavy atom. The molecule has 0 N–H and O–H groups in total. The Balaban J connectivity index is 2.24. The van der Waals surface area contributed by atoms with E-state index >= 15 is 0 Å². The molecule has 2 heteroatoms. The number of benzene rings is 1. The lowest BCUT2D eigenvalue weighted by atomic mass is 10.1. The van der Waals surface area contributed by atoms with Gasteiger partial charge in [-0.1, -0.05) is 45.0 Å². The molecule has 0 aliphatic heterocycles. The molecule has 90 valence electrons. The van der Waals surface area contributed by atoms with Gasteiger partial charge in [0.2, 0.25) is 0 Å². The maximum atomic E-state index is 4.73. The van der Waals surface area contributed by atoms with E-state index in [-0.39, 0.29) is 0 Å². The number of aromatic nitrogens is 1. The summed E-state index contributed by atoms with van der Waals surface area (Å²) in [6.45, 7) is 6.62. The zero-order chi connectivity index (χ0) is 12.3. The molecule has 0 radical (unpaired) electrons. The van der Waals surface area contributed by atoms with Gasteiger partial charge in [0.05, 0.1) is 5.69 Å². The monoisotopic (exact) mass is 245 g/mol. The fourth-order valence-corrected chi connectivity index (χ4v) is 2.68. The molecule has 1 aromatic heterocycles. The lowest BCUT2D eigenvalue weighted by Gasteiger charge is -2.03. The van der Waals surface area contributed by atoms with Crippen LogP contribution in [-0.4, -0.2) is 4.98 Å². The summed E-state index contributed by atoms with van der Waals surface area (Å²) in [6.07, 6.45) is 2.24. The van der Waals surface area contributed by atoms with E-state index in [1.165, 1.54) is 16.8 Å². The SMILES string of the molecule is CCc1ccc(-c2nc(C(C)CC)cs2)cc1. The Bertz CT molecular complexity index is 470. The fraction of sp³-hybridized carbons (Fsp3) is 0.400. The van der Waals surface area contributed by atoms with Crippen molar-refractivity contribution in [2.45, 2.75) is 39.5 Å². The topological polar surface area (TPSA) is 12.9 Å². The first-order valence-corrected chi connectivity index (χ1v) is 7.17. The molecular formula is C15H19NS. The van der Waals surface area contributed by atoms with Crippen LogP contribution in [0.4, 0.5) is 0 Å². The normalized spacial score (nSPS) is 12.6. The zero-order valence-electron chi connectivity index (χ0n) is 10.7. The van der Waals surface area contributed by atoms with E-state index in [1.54, 1.807) is 11.3 Å². The van der Waals surface area contributed by atoms with Gasteiger partial charge >= 0.3 is 0 Å². The third kappa shape index (κ3) is 2.75. The van der Waals surface area contributed by atoms with E-state index in [1.807, 2.05) is 0 Å². The first-order chi connectivity index (χ1) is 8.24. The highest BCUT2D eigenvalue weighted by Crippen LogP contribution is 2.28. The van der Waals surface area contributed by atoms with Crippen molar-refractivity contribution < 1.29 is 0 Å². The summed E-state index contributed by atoms with van der Waals surface area (Å²) in [7, 11) is 0. The summed E-state index contributed by atoms with van der Waals surface area (Å²) in [6, 6.07) is 8.75. The predicted molar refractivity (Wildman–Crippen MR) is 75.6 cm³/mol. The van der Waals surface area contributed by atoms with Crippen LogP contribution in [0.1, 0.15) is 44.4 Å². The van der Waals surface area contributed by atoms with Crippen LogP contribution in [0, 0.1) is 0 Å². The quantitative estimate of drug-likeness (QED) is 0.747. The predicted octanol–water partition coefficient (Wildman–Crippen LogP) is 4.89. The molecule has 0 aliphatic rings. The van der Waals surface area contributed by atoms with Gasteiger partial charge in [-0.05, 0) is 24.3 Å². The van der Waals surface area contributed by atoms with Crippen LogP contribution < -0.4 is 0 Å². The first-order valence-electron chi connectivity index (χ1n) is 6.29. The molecule has 2 rings (SSSR count). The summed E-state index contributed by atoms with van der Waals surface area (Å²) >= 11 is 1.75. The van der Waals surface area contributed by atoms with Crippen LogP contribution in [-0.2, 0) is 6.42 Å². The smallest absolute Gasteiger partial charge is 0.123 e. The summed E-state index contributed by atoms with van der Waals surface area (Å²) < 4.78 is 0. The van der Waals surface area contributed by atoms with Crippen molar-refractivity contribution in [1.29, 1.82) is 0 Å². The number of hydrogen-bond acceptors (Lipinski definition) is 2. The first kappa shape index (κ1) is 12.3. The number of rotatable bonds is 4. The lowest BCUT2D eigenvalue weighted by molar-refractivity contribution is 0.714. The van der Waals surface area contributed by atoms with Crippen LogP contribution in [0.2, 0.25) is 0 Å². The van der Waals surface area contributed by atoms with Gasteiger partial charge in [-0.25, -0.2) is 4.98 Å². The van der Waals surface area contributed by atoms with Crippen molar-refractivity contribution in [1.82, 2.24) is 4.98 Å². The number of hydrogen-bond donors (Lipinski definition) is 0. The van der Waals surface area contributed by atoms with Crippen LogP contribution in [0.25, 0.3) is 10.6 Å². The second-order valence-electron chi connectivity index (χ2n) is 4.44. The minimum Gasteiger partial charge on any atom is -0.241 e. The van der Waals surface area contributed by atoms with Crippen LogP contribution in [0.15, 0.2) is 29.6 Å². The second kappa shape index (κ2) is 5.46. The minimum absolute atomic E-state index is 0.565. The molecule has 0 aliphatic carbocycles. The van der Waals surface area contributed by atoms with E-state index in [2.05, 4.69) is 50.4 Å². The van der Waals surface area contributed by atoms with Crippen molar-refractivity contribution >= 4 is 11.3 Å². The largest absolute Gasteiger partial charge is 0.241 e. The molecule has 2 aromatic rings. The van der Waals surface area contributed by atoms with E-state index in [0.717, 1.165) is 17.8 Å². The van der Waals surface area contributed by atoms with Crippen molar-refractivity contribution in [3.63, 3.8) is 0 Å². The third-order valence-corrected chi connectivity index (χ3v) is 4.16. The van der Waals surface area contributed by atoms with Gasteiger partial charge in [0, 0.05) is 10.9 Å². The summed E-state index contributed by atoms with van der Waals surface area (Å²) in [5.74, 6) is 0.565. The Hall–Kier alpha value is -1.15. The lowest BCUT2D eigenvalue weighted by Crippen LogP contribution is -1.91. The van der Waals surface area contributed by atoms with Crippen LogP contribution in [0.3, 0.4) is 0 Å². The molecule has 1 unspecified atom stereocenters. The van der Waals surface area contributed by atoms with Crippen molar-refractivity contribution in [3.8, 4) is 10.6 Å². The third-order valence-electron chi connectivity index (χ3n) is 3.25. The molecule has 0 spiro atoms. The highest BCUT2D eigenvalue weighted by Gasteiger charge is 2.09.